The number of nitriles is 1. The molecule has 0 saturated carbocycles. The molecule has 0 aromatic carbocycles. The summed E-state index contributed by atoms with van der Waals surface area (Å²) in [5.41, 5.74) is 0. The maximum atomic E-state index is 11.1. The van der Waals surface area contributed by atoms with E-state index in [9.17, 15) is 4.79 Å². The van der Waals surface area contributed by atoms with E-state index in [1.807, 2.05) is 25.1 Å². The summed E-state index contributed by atoms with van der Waals surface area (Å²) in [6.45, 7) is 3.29. The molecule has 122 valence electrons. The van der Waals surface area contributed by atoms with Gasteiger partial charge in [0, 0.05) is 24.2 Å². The van der Waals surface area contributed by atoms with E-state index >= 15 is 0 Å². The zero-order valence-corrected chi connectivity index (χ0v) is 15.1. The minimum atomic E-state index is -0.301. The van der Waals surface area contributed by atoms with Crippen molar-refractivity contribution in [3.05, 3.63) is 24.3 Å². The molecule has 1 aliphatic heterocycles. The summed E-state index contributed by atoms with van der Waals surface area (Å²) in [7, 11) is 0. The molecule has 1 rings (SSSR count). The van der Waals surface area contributed by atoms with Crippen LogP contribution >= 0.6 is 27.5 Å². The molecule has 0 aromatic heterocycles. The lowest BCUT2D eigenvalue weighted by molar-refractivity contribution is -0.144. The van der Waals surface area contributed by atoms with Crippen molar-refractivity contribution in [1.82, 2.24) is 0 Å². The standard InChI is InChI=1S/C16H21BrClNO3/c1-3-6-12(21-11(2)20)9-13(17)16-10-14(18)15(22-16)7-4-5-8-19/h3-6,12-16H,7,9-10H2,1-2H3/b5-4+,6-3+/t12-,13+,14-,15-,16+/m1/s1. The van der Waals surface area contributed by atoms with Crippen molar-refractivity contribution in [2.24, 2.45) is 0 Å². The first-order valence-electron chi connectivity index (χ1n) is 7.26. The van der Waals surface area contributed by atoms with E-state index in [2.05, 4.69) is 15.9 Å². The van der Waals surface area contributed by atoms with Gasteiger partial charge in [-0.1, -0.05) is 28.1 Å². The van der Waals surface area contributed by atoms with Gasteiger partial charge in [-0.05, 0) is 25.8 Å². The van der Waals surface area contributed by atoms with Crippen LogP contribution in [-0.2, 0) is 14.3 Å². The highest BCUT2D eigenvalue weighted by Crippen LogP contribution is 2.33. The van der Waals surface area contributed by atoms with Gasteiger partial charge in [0.25, 0.3) is 0 Å². The summed E-state index contributed by atoms with van der Waals surface area (Å²) in [5.74, 6) is -0.301. The van der Waals surface area contributed by atoms with Crippen LogP contribution in [0.15, 0.2) is 24.3 Å². The van der Waals surface area contributed by atoms with Crippen molar-refractivity contribution in [2.75, 3.05) is 0 Å². The number of hydrogen-bond donors (Lipinski definition) is 0. The molecule has 0 spiro atoms. The number of nitrogens with zero attached hydrogens (tertiary/aromatic N) is 1. The molecule has 0 bridgehead atoms. The fourth-order valence-corrected chi connectivity index (χ4v) is 3.44. The Bertz CT molecular complexity index is 461. The fraction of sp³-hybridized carbons (Fsp3) is 0.625. The molecule has 4 nitrogen and oxygen atoms in total. The van der Waals surface area contributed by atoms with Crippen LogP contribution in [0.1, 0.15) is 33.1 Å². The van der Waals surface area contributed by atoms with Gasteiger partial charge in [0.05, 0.1) is 23.7 Å². The molecule has 22 heavy (non-hydrogen) atoms. The average molecular weight is 391 g/mol. The first kappa shape index (κ1) is 19.2. The molecule has 0 aliphatic carbocycles. The number of esters is 1. The number of carbonyl (C=O) groups is 1. The molecule has 1 saturated heterocycles. The van der Waals surface area contributed by atoms with E-state index in [-0.39, 0.29) is 34.5 Å². The van der Waals surface area contributed by atoms with E-state index in [4.69, 9.17) is 26.3 Å². The second-order valence-corrected chi connectivity index (χ2v) is 6.89. The second-order valence-electron chi connectivity index (χ2n) is 5.16. The third kappa shape index (κ3) is 6.51. The molecule has 0 aromatic rings. The Morgan fingerprint density at radius 2 is 2.36 bits per heavy atom. The minimum Gasteiger partial charge on any atom is -0.458 e. The maximum absolute atomic E-state index is 11.1. The fourth-order valence-electron chi connectivity index (χ4n) is 2.40. The summed E-state index contributed by atoms with van der Waals surface area (Å²) in [5, 5.41) is 8.42. The van der Waals surface area contributed by atoms with Gasteiger partial charge in [-0.3, -0.25) is 4.79 Å². The van der Waals surface area contributed by atoms with Crippen LogP contribution in [0.4, 0.5) is 0 Å². The number of allylic oxidation sites excluding steroid dienone is 2. The summed E-state index contributed by atoms with van der Waals surface area (Å²) in [6, 6.07) is 1.95. The van der Waals surface area contributed by atoms with Crippen molar-refractivity contribution in [3.63, 3.8) is 0 Å². The second kappa shape index (κ2) is 10.0. The van der Waals surface area contributed by atoms with Crippen molar-refractivity contribution in [2.45, 2.75) is 61.6 Å². The zero-order valence-electron chi connectivity index (χ0n) is 12.7. The Morgan fingerprint density at radius 1 is 1.64 bits per heavy atom. The van der Waals surface area contributed by atoms with Crippen LogP contribution in [0.3, 0.4) is 0 Å². The van der Waals surface area contributed by atoms with Crippen LogP contribution in [0, 0.1) is 11.3 Å². The Hall–Kier alpha value is -0.830. The van der Waals surface area contributed by atoms with Gasteiger partial charge < -0.3 is 9.47 Å². The van der Waals surface area contributed by atoms with Crippen molar-refractivity contribution in [3.8, 4) is 6.07 Å². The van der Waals surface area contributed by atoms with E-state index in [1.165, 1.54) is 13.0 Å². The highest BCUT2D eigenvalue weighted by Gasteiger charge is 2.37. The molecule has 0 amide bonds. The molecule has 1 aliphatic rings. The lowest BCUT2D eigenvalue weighted by atomic mass is 10.1. The topological polar surface area (TPSA) is 59.3 Å². The lowest BCUT2D eigenvalue weighted by Crippen LogP contribution is -2.27. The Labute approximate surface area is 145 Å². The number of hydrogen-bond acceptors (Lipinski definition) is 4. The Morgan fingerprint density at radius 3 is 2.95 bits per heavy atom. The summed E-state index contributed by atoms with van der Waals surface area (Å²) in [6.07, 6.45) is 8.50. The molecule has 1 fully saturated rings. The van der Waals surface area contributed by atoms with Crippen LogP contribution in [0.25, 0.3) is 0 Å². The van der Waals surface area contributed by atoms with E-state index in [1.54, 1.807) is 6.08 Å². The number of carbonyl (C=O) groups excluding carboxylic acids is 1. The Kier molecular flexibility index (Phi) is 8.77. The number of alkyl halides is 2. The SMILES string of the molecule is C/C=C/[C@H](C[C@H](Br)[C@@H]1C[C@@H](Cl)[C@@H](C/C=C/C#N)O1)OC(C)=O. The minimum absolute atomic E-state index is 0.0358. The smallest absolute Gasteiger partial charge is 0.303 e. The highest BCUT2D eigenvalue weighted by molar-refractivity contribution is 9.09. The first-order chi connectivity index (χ1) is 10.5. The van der Waals surface area contributed by atoms with Crippen LogP contribution in [0.5, 0.6) is 0 Å². The van der Waals surface area contributed by atoms with Gasteiger partial charge in [-0.25, -0.2) is 0 Å². The van der Waals surface area contributed by atoms with Crippen LogP contribution < -0.4 is 0 Å². The van der Waals surface area contributed by atoms with Gasteiger partial charge in [0.15, 0.2) is 0 Å². The number of rotatable bonds is 7. The quantitative estimate of drug-likeness (QED) is 0.286. The van der Waals surface area contributed by atoms with Crippen molar-refractivity contribution >= 4 is 33.5 Å². The third-order valence-corrected chi connectivity index (χ3v) is 4.78. The number of halogens is 2. The molecule has 0 N–H and O–H groups in total. The van der Waals surface area contributed by atoms with Gasteiger partial charge in [0.1, 0.15) is 6.10 Å². The summed E-state index contributed by atoms with van der Waals surface area (Å²) >= 11 is 9.94. The lowest BCUT2D eigenvalue weighted by Gasteiger charge is -2.22. The van der Waals surface area contributed by atoms with Gasteiger partial charge in [-0.15, -0.1) is 11.6 Å². The van der Waals surface area contributed by atoms with Crippen LogP contribution in [-0.4, -0.2) is 34.5 Å². The van der Waals surface area contributed by atoms with E-state index in [0.29, 0.717) is 12.8 Å². The maximum Gasteiger partial charge on any atom is 0.303 e. The van der Waals surface area contributed by atoms with Gasteiger partial charge in [-0.2, -0.15) is 5.26 Å². The molecular weight excluding hydrogens is 370 g/mol. The predicted octanol–water partition coefficient (Wildman–Crippen LogP) is 3.88. The molecular formula is C16H21BrClNO3. The predicted molar refractivity (Wildman–Crippen MR) is 90.0 cm³/mol. The van der Waals surface area contributed by atoms with Crippen LogP contribution in [0.2, 0.25) is 0 Å². The van der Waals surface area contributed by atoms with E-state index in [0.717, 1.165) is 6.42 Å². The average Bonchev–Trinajstić information content (AvgIpc) is 2.80. The van der Waals surface area contributed by atoms with Crippen molar-refractivity contribution < 1.29 is 14.3 Å². The largest absolute Gasteiger partial charge is 0.458 e. The molecule has 0 unspecified atom stereocenters. The normalized spacial score (nSPS) is 27.9. The van der Waals surface area contributed by atoms with Crippen molar-refractivity contribution in [1.29, 1.82) is 5.26 Å². The summed E-state index contributed by atoms with van der Waals surface area (Å²) < 4.78 is 11.2. The van der Waals surface area contributed by atoms with Gasteiger partial charge in [0.2, 0.25) is 0 Å². The zero-order chi connectivity index (χ0) is 16.5. The number of ether oxygens (including phenoxy) is 2. The van der Waals surface area contributed by atoms with E-state index < -0.39 is 0 Å². The molecule has 1 heterocycles. The highest BCUT2D eigenvalue weighted by atomic mass is 79.9. The van der Waals surface area contributed by atoms with Gasteiger partial charge >= 0.3 is 5.97 Å². The first-order valence-corrected chi connectivity index (χ1v) is 8.61. The summed E-state index contributed by atoms with van der Waals surface area (Å²) in [4.78, 5) is 11.2. The third-order valence-electron chi connectivity index (χ3n) is 3.36. The monoisotopic (exact) mass is 389 g/mol. The molecule has 6 heteroatoms. The molecule has 5 atom stereocenters. The Balaban J connectivity index is 2.55. The molecule has 0 radical (unpaired) electrons.